The number of pyridine rings is 1. The molecule has 0 fully saturated rings. The van der Waals surface area contributed by atoms with Gasteiger partial charge in [-0.3, -0.25) is 14.8 Å². The molecule has 24 heavy (non-hydrogen) atoms. The summed E-state index contributed by atoms with van der Waals surface area (Å²) in [6, 6.07) is 3.47. The highest BCUT2D eigenvalue weighted by atomic mass is 32.1. The lowest BCUT2D eigenvalue weighted by molar-refractivity contribution is 0.0954. The van der Waals surface area contributed by atoms with Gasteiger partial charge in [-0.1, -0.05) is 0 Å². The molecule has 0 unspecified atom stereocenters. The smallest absolute Gasteiger partial charge is 0.252 e. The molecule has 0 saturated heterocycles. The average molecular weight is 346 g/mol. The van der Waals surface area contributed by atoms with Crippen LogP contribution in [-0.2, 0) is 6.42 Å². The fourth-order valence-electron chi connectivity index (χ4n) is 1.98. The maximum absolute atomic E-state index is 11.9. The van der Waals surface area contributed by atoms with E-state index < -0.39 is 0 Å². The van der Waals surface area contributed by atoms with E-state index >= 15 is 0 Å². The molecule has 2 rings (SSSR count). The molecule has 3 N–H and O–H groups in total. The Morgan fingerprint density at radius 3 is 2.67 bits per heavy atom. The zero-order valence-electron chi connectivity index (χ0n) is 13.9. The monoisotopic (exact) mass is 346 g/mol. The van der Waals surface area contributed by atoms with E-state index in [2.05, 4.69) is 37.8 Å². The minimum absolute atomic E-state index is 0.132. The number of carbonyl (C=O) groups excluding carboxylic acids is 1. The molecule has 0 atom stereocenters. The van der Waals surface area contributed by atoms with Crippen LogP contribution >= 0.6 is 11.3 Å². The van der Waals surface area contributed by atoms with Crippen LogP contribution in [0, 0.1) is 6.92 Å². The third kappa shape index (κ3) is 5.96. The van der Waals surface area contributed by atoms with Gasteiger partial charge in [-0.05, 0) is 19.1 Å². The van der Waals surface area contributed by atoms with E-state index in [1.807, 2.05) is 6.20 Å². The van der Waals surface area contributed by atoms with Crippen LogP contribution in [0.2, 0.25) is 0 Å². The fraction of sp³-hybridized carbons (Fsp3) is 0.375. The number of aliphatic imine (C=N–C) groups is 1. The molecule has 0 aliphatic heterocycles. The first-order chi connectivity index (χ1) is 11.7. The van der Waals surface area contributed by atoms with Crippen LogP contribution in [0.5, 0.6) is 0 Å². The van der Waals surface area contributed by atoms with Gasteiger partial charge in [0.25, 0.3) is 5.91 Å². The third-order valence-electron chi connectivity index (χ3n) is 3.15. The van der Waals surface area contributed by atoms with Crippen molar-refractivity contribution in [1.29, 1.82) is 0 Å². The number of guanidine groups is 1. The fourth-order valence-corrected chi connectivity index (χ4v) is 2.77. The number of rotatable bonds is 7. The summed E-state index contributed by atoms with van der Waals surface area (Å²) in [6.07, 6.45) is 5.93. The lowest BCUT2D eigenvalue weighted by Crippen LogP contribution is -2.42. The van der Waals surface area contributed by atoms with E-state index in [-0.39, 0.29) is 5.91 Å². The van der Waals surface area contributed by atoms with Gasteiger partial charge in [0.1, 0.15) is 0 Å². The summed E-state index contributed by atoms with van der Waals surface area (Å²) in [6.45, 7) is 3.89. The summed E-state index contributed by atoms with van der Waals surface area (Å²) in [4.78, 5) is 25.5. The lowest BCUT2D eigenvalue weighted by atomic mass is 10.3. The maximum Gasteiger partial charge on any atom is 0.252 e. The van der Waals surface area contributed by atoms with Crippen LogP contribution in [0.4, 0.5) is 0 Å². The number of thiazole rings is 1. The first-order valence-electron chi connectivity index (χ1n) is 7.73. The second-order valence-corrected chi connectivity index (χ2v) is 6.36. The Morgan fingerprint density at radius 2 is 2.00 bits per heavy atom. The number of nitrogens with zero attached hydrogens (tertiary/aromatic N) is 3. The molecular formula is C16H22N6OS. The van der Waals surface area contributed by atoms with Crippen molar-refractivity contribution in [2.24, 2.45) is 4.99 Å². The van der Waals surface area contributed by atoms with Gasteiger partial charge in [0.15, 0.2) is 5.96 Å². The number of carbonyl (C=O) groups is 1. The summed E-state index contributed by atoms with van der Waals surface area (Å²) in [7, 11) is 1.72. The molecule has 0 aliphatic carbocycles. The van der Waals surface area contributed by atoms with E-state index in [0.29, 0.717) is 24.6 Å². The Labute approximate surface area is 145 Å². The highest BCUT2D eigenvalue weighted by Gasteiger charge is 2.04. The molecule has 0 bridgehead atoms. The number of aryl methyl sites for hydroxylation is 1. The van der Waals surface area contributed by atoms with Crippen molar-refractivity contribution in [3.8, 4) is 0 Å². The van der Waals surface area contributed by atoms with E-state index in [9.17, 15) is 4.79 Å². The normalized spacial score (nSPS) is 11.2. The van der Waals surface area contributed by atoms with Crippen molar-refractivity contribution < 1.29 is 4.79 Å². The second-order valence-electron chi connectivity index (χ2n) is 5.04. The summed E-state index contributed by atoms with van der Waals surface area (Å²) in [5.41, 5.74) is 0.554. The molecule has 2 heterocycles. The van der Waals surface area contributed by atoms with E-state index in [0.717, 1.165) is 18.0 Å². The molecule has 2 aromatic heterocycles. The lowest BCUT2D eigenvalue weighted by Gasteiger charge is -2.11. The molecule has 2 aromatic rings. The molecule has 0 radical (unpaired) electrons. The van der Waals surface area contributed by atoms with Gasteiger partial charge < -0.3 is 16.0 Å². The summed E-state index contributed by atoms with van der Waals surface area (Å²) in [5, 5.41) is 10.3. The van der Waals surface area contributed by atoms with Crippen LogP contribution in [0.25, 0.3) is 0 Å². The molecule has 0 aromatic carbocycles. The van der Waals surface area contributed by atoms with Crippen molar-refractivity contribution in [2.45, 2.75) is 13.3 Å². The van der Waals surface area contributed by atoms with Crippen LogP contribution in [0.1, 0.15) is 20.2 Å². The Kier molecular flexibility index (Phi) is 7.16. The second kappa shape index (κ2) is 9.61. The Hall–Kier alpha value is -2.48. The van der Waals surface area contributed by atoms with Gasteiger partial charge in [-0.25, -0.2) is 4.98 Å². The minimum atomic E-state index is -0.132. The number of aromatic nitrogens is 2. The first kappa shape index (κ1) is 17.9. The summed E-state index contributed by atoms with van der Waals surface area (Å²) < 4.78 is 0. The van der Waals surface area contributed by atoms with Crippen molar-refractivity contribution in [2.75, 3.05) is 26.7 Å². The van der Waals surface area contributed by atoms with E-state index in [1.165, 1.54) is 4.88 Å². The topological polar surface area (TPSA) is 91.3 Å². The van der Waals surface area contributed by atoms with Crippen molar-refractivity contribution in [3.63, 3.8) is 0 Å². The van der Waals surface area contributed by atoms with Crippen molar-refractivity contribution in [1.82, 2.24) is 25.9 Å². The highest BCUT2D eigenvalue weighted by molar-refractivity contribution is 7.11. The molecule has 0 spiro atoms. The molecule has 128 valence electrons. The highest BCUT2D eigenvalue weighted by Crippen LogP contribution is 2.10. The quantitative estimate of drug-likeness (QED) is 0.395. The van der Waals surface area contributed by atoms with Crippen molar-refractivity contribution >= 4 is 23.2 Å². The molecule has 0 saturated carbocycles. The Balaban J connectivity index is 1.62. The number of nitrogens with one attached hydrogen (secondary N) is 3. The van der Waals surface area contributed by atoms with Crippen LogP contribution in [0.15, 0.2) is 35.7 Å². The van der Waals surface area contributed by atoms with E-state index in [1.54, 1.807) is 42.9 Å². The van der Waals surface area contributed by atoms with Crippen LogP contribution in [-0.4, -0.2) is 48.5 Å². The number of amides is 1. The molecular weight excluding hydrogens is 324 g/mol. The molecule has 8 heteroatoms. The third-order valence-corrected chi connectivity index (χ3v) is 4.12. The molecule has 1 amide bonds. The largest absolute Gasteiger partial charge is 0.356 e. The van der Waals surface area contributed by atoms with Gasteiger partial charge in [0.05, 0.1) is 10.6 Å². The Bertz CT molecular complexity index is 670. The van der Waals surface area contributed by atoms with Crippen LogP contribution < -0.4 is 16.0 Å². The SMILES string of the molecule is CN=C(NCCNC(=O)c1cccnc1)NCCc1ncc(C)s1. The van der Waals surface area contributed by atoms with Crippen molar-refractivity contribution in [3.05, 3.63) is 46.2 Å². The molecule has 7 nitrogen and oxygen atoms in total. The summed E-state index contributed by atoms with van der Waals surface area (Å²) >= 11 is 1.71. The van der Waals surface area contributed by atoms with Gasteiger partial charge in [-0.15, -0.1) is 11.3 Å². The standard InChI is InChI=1S/C16H22N6OS/c1-12-10-22-14(24-12)5-7-20-16(17-2)21-9-8-19-15(23)13-4-3-6-18-11-13/h3-4,6,10-11H,5,7-9H2,1-2H3,(H,19,23)(H2,17,20,21). The van der Waals surface area contributed by atoms with Crippen LogP contribution in [0.3, 0.4) is 0 Å². The predicted molar refractivity (Wildman–Crippen MR) is 96.5 cm³/mol. The Morgan fingerprint density at radius 1 is 1.21 bits per heavy atom. The van der Waals surface area contributed by atoms with Gasteiger partial charge in [0, 0.05) is 56.6 Å². The first-order valence-corrected chi connectivity index (χ1v) is 8.54. The predicted octanol–water partition coefficient (Wildman–Crippen LogP) is 0.984. The van der Waals surface area contributed by atoms with Gasteiger partial charge in [0.2, 0.25) is 0 Å². The summed E-state index contributed by atoms with van der Waals surface area (Å²) in [5.74, 6) is 0.575. The van der Waals surface area contributed by atoms with E-state index in [4.69, 9.17) is 0 Å². The zero-order valence-corrected chi connectivity index (χ0v) is 14.7. The number of hydrogen-bond donors (Lipinski definition) is 3. The molecule has 0 aliphatic rings. The van der Waals surface area contributed by atoms with Gasteiger partial charge >= 0.3 is 0 Å². The average Bonchev–Trinajstić information content (AvgIpc) is 3.02. The zero-order chi connectivity index (χ0) is 17.2. The van der Waals surface area contributed by atoms with Gasteiger partial charge in [-0.2, -0.15) is 0 Å². The maximum atomic E-state index is 11.9. The minimum Gasteiger partial charge on any atom is -0.356 e. The number of hydrogen-bond acceptors (Lipinski definition) is 5.